The van der Waals surface area contributed by atoms with E-state index in [1.165, 1.54) is 18.4 Å². The van der Waals surface area contributed by atoms with Crippen molar-refractivity contribution in [3.63, 3.8) is 0 Å². The van der Waals surface area contributed by atoms with Gasteiger partial charge in [0.2, 0.25) is 5.91 Å². The number of hydrogen-bond acceptors (Lipinski definition) is 2. The van der Waals surface area contributed by atoms with Gasteiger partial charge in [-0.15, -0.1) is 0 Å². The lowest BCUT2D eigenvalue weighted by atomic mass is 9.94. The molecule has 0 radical (unpaired) electrons. The summed E-state index contributed by atoms with van der Waals surface area (Å²) in [7, 11) is 0. The van der Waals surface area contributed by atoms with Crippen LogP contribution in [0.25, 0.3) is 0 Å². The molecule has 0 unspecified atom stereocenters. The van der Waals surface area contributed by atoms with Crippen LogP contribution in [0.2, 0.25) is 0 Å². The number of hydrogen-bond donors (Lipinski definition) is 2. The topological polar surface area (TPSA) is 41.1 Å². The van der Waals surface area contributed by atoms with Crippen molar-refractivity contribution < 1.29 is 4.79 Å². The maximum atomic E-state index is 12.4. The number of carbonyl (C=O) groups is 1. The van der Waals surface area contributed by atoms with E-state index in [0.717, 1.165) is 32.5 Å². The third-order valence-corrected chi connectivity index (χ3v) is 4.52. The van der Waals surface area contributed by atoms with E-state index in [1.807, 2.05) is 18.2 Å². The van der Waals surface area contributed by atoms with Crippen LogP contribution in [0.4, 0.5) is 0 Å². The molecule has 1 aliphatic carbocycles. The van der Waals surface area contributed by atoms with E-state index in [1.54, 1.807) is 0 Å². The maximum absolute atomic E-state index is 12.4. The zero-order chi connectivity index (χ0) is 13.1. The molecule has 3 heteroatoms. The molecule has 1 aromatic rings. The number of benzene rings is 1. The van der Waals surface area contributed by atoms with Gasteiger partial charge in [-0.05, 0) is 50.3 Å². The normalized spacial score (nSPS) is 21.9. The fourth-order valence-electron chi connectivity index (χ4n) is 3.02. The average molecular weight is 258 g/mol. The highest BCUT2D eigenvalue weighted by molar-refractivity contribution is 5.91. The molecule has 19 heavy (non-hydrogen) atoms. The number of carbonyl (C=O) groups excluding carboxylic acids is 1. The zero-order valence-electron chi connectivity index (χ0n) is 11.3. The molecule has 3 nitrogen and oxygen atoms in total. The van der Waals surface area contributed by atoms with Crippen LogP contribution in [-0.4, -0.2) is 25.5 Å². The van der Waals surface area contributed by atoms with Gasteiger partial charge in [-0.3, -0.25) is 4.79 Å². The minimum Gasteiger partial charge on any atom is -0.355 e. The van der Waals surface area contributed by atoms with Gasteiger partial charge in [0.15, 0.2) is 0 Å². The van der Waals surface area contributed by atoms with Gasteiger partial charge in [-0.1, -0.05) is 30.3 Å². The lowest BCUT2D eigenvalue weighted by molar-refractivity contribution is -0.123. The van der Waals surface area contributed by atoms with Crippen LogP contribution >= 0.6 is 0 Å². The Morgan fingerprint density at radius 3 is 2.53 bits per heavy atom. The van der Waals surface area contributed by atoms with E-state index in [4.69, 9.17) is 0 Å². The van der Waals surface area contributed by atoms with Gasteiger partial charge in [-0.25, -0.2) is 0 Å². The fraction of sp³-hybridized carbons (Fsp3) is 0.562. The van der Waals surface area contributed by atoms with Gasteiger partial charge in [0, 0.05) is 6.54 Å². The molecule has 2 N–H and O–H groups in total. The van der Waals surface area contributed by atoms with Crippen molar-refractivity contribution in [2.45, 2.75) is 31.1 Å². The molecule has 0 atom stereocenters. The molecular weight excluding hydrogens is 236 g/mol. The first-order valence-corrected chi connectivity index (χ1v) is 7.36. The summed E-state index contributed by atoms with van der Waals surface area (Å²) in [5, 5.41) is 6.54. The van der Waals surface area contributed by atoms with Crippen molar-refractivity contribution in [2.75, 3.05) is 19.6 Å². The molecule has 2 fully saturated rings. The van der Waals surface area contributed by atoms with Crippen molar-refractivity contribution in [3.8, 4) is 0 Å². The average Bonchev–Trinajstić information content (AvgIpc) is 3.28. The first kappa shape index (κ1) is 12.7. The van der Waals surface area contributed by atoms with Crippen LogP contribution in [0, 0.1) is 5.92 Å². The predicted octanol–water partition coefficient (Wildman–Crippen LogP) is 1.83. The number of piperidine rings is 1. The summed E-state index contributed by atoms with van der Waals surface area (Å²) in [5.74, 6) is 0.883. The maximum Gasteiger partial charge on any atom is 0.230 e. The monoisotopic (exact) mass is 258 g/mol. The molecule has 1 saturated heterocycles. The van der Waals surface area contributed by atoms with Gasteiger partial charge in [0.25, 0.3) is 0 Å². The summed E-state index contributed by atoms with van der Waals surface area (Å²) >= 11 is 0. The third kappa shape index (κ3) is 2.66. The van der Waals surface area contributed by atoms with Gasteiger partial charge in [-0.2, -0.15) is 0 Å². The SMILES string of the molecule is O=C(NCC1CCNCC1)C1(c2ccccc2)CC1. The predicted molar refractivity (Wildman–Crippen MR) is 76.0 cm³/mol. The van der Waals surface area contributed by atoms with Crippen LogP contribution in [0.5, 0.6) is 0 Å². The van der Waals surface area contributed by atoms with E-state index in [2.05, 4.69) is 22.8 Å². The molecule has 0 bridgehead atoms. The number of nitrogens with one attached hydrogen (secondary N) is 2. The number of amides is 1. The lowest BCUT2D eigenvalue weighted by Crippen LogP contribution is -2.40. The molecule has 0 aromatic heterocycles. The fourth-order valence-corrected chi connectivity index (χ4v) is 3.02. The van der Waals surface area contributed by atoms with Crippen molar-refractivity contribution >= 4 is 5.91 Å². The Labute approximate surface area is 114 Å². The van der Waals surface area contributed by atoms with Gasteiger partial charge >= 0.3 is 0 Å². The molecule has 1 aliphatic heterocycles. The van der Waals surface area contributed by atoms with Crippen molar-refractivity contribution in [2.24, 2.45) is 5.92 Å². The van der Waals surface area contributed by atoms with Crippen molar-refractivity contribution in [1.82, 2.24) is 10.6 Å². The van der Waals surface area contributed by atoms with Crippen LogP contribution in [0.3, 0.4) is 0 Å². The summed E-state index contributed by atoms with van der Waals surface area (Å²) in [4.78, 5) is 12.4. The van der Waals surface area contributed by atoms with Gasteiger partial charge in [0.05, 0.1) is 5.41 Å². The zero-order valence-corrected chi connectivity index (χ0v) is 11.3. The molecule has 3 rings (SSSR count). The number of rotatable bonds is 4. The summed E-state index contributed by atoms with van der Waals surface area (Å²) in [6.07, 6.45) is 4.35. The van der Waals surface area contributed by atoms with Crippen molar-refractivity contribution in [1.29, 1.82) is 0 Å². The summed E-state index contributed by atoms with van der Waals surface area (Å²) < 4.78 is 0. The van der Waals surface area contributed by atoms with E-state index in [9.17, 15) is 4.79 Å². The van der Waals surface area contributed by atoms with Crippen LogP contribution in [0.1, 0.15) is 31.2 Å². The Morgan fingerprint density at radius 2 is 1.89 bits per heavy atom. The van der Waals surface area contributed by atoms with E-state index >= 15 is 0 Å². The van der Waals surface area contributed by atoms with Crippen LogP contribution in [-0.2, 0) is 10.2 Å². The molecular formula is C16H22N2O. The Balaban J connectivity index is 1.58. The molecule has 1 saturated carbocycles. The highest BCUT2D eigenvalue weighted by Gasteiger charge is 2.51. The molecule has 1 aromatic carbocycles. The second kappa shape index (κ2) is 5.33. The third-order valence-electron chi connectivity index (χ3n) is 4.52. The smallest absolute Gasteiger partial charge is 0.230 e. The van der Waals surface area contributed by atoms with Crippen LogP contribution in [0.15, 0.2) is 30.3 Å². The van der Waals surface area contributed by atoms with Crippen molar-refractivity contribution in [3.05, 3.63) is 35.9 Å². The first-order chi connectivity index (χ1) is 9.31. The second-order valence-electron chi connectivity index (χ2n) is 5.85. The van der Waals surface area contributed by atoms with E-state index in [0.29, 0.717) is 5.92 Å². The first-order valence-electron chi connectivity index (χ1n) is 7.36. The Morgan fingerprint density at radius 1 is 1.21 bits per heavy atom. The highest BCUT2D eigenvalue weighted by Crippen LogP contribution is 2.48. The summed E-state index contributed by atoms with van der Waals surface area (Å²) in [6, 6.07) is 10.2. The minimum atomic E-state index is -0.214. The standard InChI is InChI=1S/C16H22N2O/c19-15(18-12-13-6-10-17-11-7-13)16(8-9-16)14-4-2-1-3-5-14/h1-5,13,17H,6-12H2,(H,18,19). The molecule has 2 aliphatic rings. The second-order valence-corrected chi connectivity index (χ2v) is 5.85. The molecule has 1 amide bonds. The minimum absolute atomic E-state index is 0.214. The molecule has 1 heterocycles. The lowest BCUT2D eigenvalue weighted by Gasteiger charge is -2.24. The van der Waals surface area contributed by atoms with Crippen LogP contribution < -0.4 is 10.6 Å². The Hall–Kier alpha value is -1.35. The molecule has 0 spiro atoms. The quantitative estimate of drug-likeness (QED) is 0.865. The highest BCUT2D eigenvalue weighted by atomic mass is 16.2. The Bertz CT molecular complexity index is 433. The largest absolute Gasteiger partial charge is 0.355 e. The van der Waals surface area contributed by atoms with Gasteiger partial charge in [0.1, 0.15) is 0 Å². The van der Waals surface area contributed by atoms with E-state index in [-0.39, 0.29) is 11.3 Å². The molecule has 102 valence electrons. The van der Waals surface area contributed by atoms with E-state index < -0.39 is 0 Å². The van der Waals surface area contributed by atoms with Gasteiger partial charge < -0.3 is 10.6 Å². The Kier molecular flexibility index (Phi) is 3.56. The summed E-state index contributed by atoms with van der Waals surface area (Å²) in [5.41, 5.74) is 0.964. The summed E-state index contributed by atoms with van der Waals surface area (Å²) in [6.45, 7) is 3.02.